The molecule has 1 fully saturated rings. The third-order valence-corrected chi connectivity index (χ3v) is 5.30. The molecular weight excluding hydrogens is 338 g/mol. The molecule has 6 heteroatoms. The Morgan fingerprint density at radius 2 is 2.15 bits per heavy atom. The van der Waals surface area contributed by atoms with Gasteiger partial charge in [-0.25, -0.2) is 9.67 Å². The second kappa shape index (κ2) is 7.48. The maximum atomic E-state index is 13.1. The van der Waals surface area contributed by atoms with E-state index in [0.29, 0.717) is 12.1 Å². The van der Waals surface area contributed by atoms with Crippen molar-refractivity contribution in [2.75, 3.05) is 6.54 Å². The van der Waals surface area contributed by atoms with Crippen molar-refractivity contribution < 1.29 is 4.79 Å². The first-order valence-electron chi connectivity index (χ1n) is 9.63. The molecule has 2 N–H and O–H groups in total. The van der Waals surface area contributed by atoms with Gasteiger partial charge >= 0.3 is 0 Å². The van der Waals surface area contributed by atoms with Crippen molar-refractivity contribution in [1.82, 2.24) is 25.4 Å². The minimum atomic E-state index is -0.0595. The molecule has 1 aliphatic heterocycles. The molecule has 6 nitrogen and oxygen atoms in total. The van der Waals surface area contributed by atoms with Crippen LogP contribution in [0.4, 0.5) is 0 Å². The summed E-state index contributed by atoms with van der Waals surface area (Å²) in [5.74, 6) is -0.0595. The summed E-state index contributed by atoms with van der Waals surface area (Å²) < 4.78 is 1.84. The summed E-state index contributed by atoms with van der Waals surface area (Å²) in [6.45, 7) is 5.86. The number of carbonyl (C=O) groups is 1. The largest absolute Gasteiger partial charge is 0.348 e. The Kier molecular flexibility index (Phi) is 4.90. The van der Waals surface area contributed by atoms with Crippen molar-refractivity contribution in [2.24, 2.45) is 0 Å². The predicted molar refractivity (Wildman–Crippen MR) is 107 cm³/mol. The quantitative estimate of drug-likeness (QED) is 0.747. The molecule has 0 radical (unpaired) electrons. The van der Waals surface area contributed by atoms with Gasteiger partial charge in [-0.3, -0.25) is 4.79 Å². The second-order valence-corrected chi connectivity index (χ2v) is 7.08. The zero-order valence-corrected chi connectivity index (χ0v) is 15.8. The molecule has 27 heavy (non-hydrogen) atoms. The van der Waals surface area contributed by atoms with E-state index in [2.05, 4.69) is 22.7 Å². The Bertz CT molecular complexity index is 950. The van der Waals surface area contributed by atoms with E-state index in [0.717, 1.165) is 41.7 Å². The van der Waals surface area contributed by atoms with Gasteiger partial charge in [0, 0.05) is 24.2 Å². The Morgan fingerprint density at radius 3 is 2.89 bits per heavy atom. The predicted octanol–water partition coefficient (Wildman–Crippen LogP) is 2.99. The molecule has 2 atom stereocenters. The zero-order valence-electron chi connectivity index (χ0n) is 15.8. The molecule has 0 saturated carbocycles. The molecular formula is C21H25N5O. The molecule has 4 rings (SSSR count). The minimum Gasteiger partial charge on any atom is -0.348 e. The summed E-state index contributed by atoms with van der Waals surface area (Å²) in [5, 5.41) is 11.9. The van der Waals surface area contributed by atoms with Crippen molar-refractivity contribution >= 4 is 16.9 Å². The molecule has 1 saturated heterocycles. The van der Waals surface area contributed by atoms with E-state index in [1.165, 1.54) is 0 Å². The fraction of sp³-hybridized carbons (Fsp3) is 0.381. The number of rotatable bonds is 4. The fourth-order valence-corrected chi connectivity index (χ4v) is 3.71. The molecule has 1 amide bonds. The first-order valence-corrected chi connectivity index (χ1v) is 9.63. The number of nitrogens with zero attached hydrogens (tertiary/aromatic N) is 3. The third-order valence-electron chi connectivity index (χ3n) is 5.30. The molecule has 3 aromatic rings. The number of pyridine rings is 1. The number of benzene rings is 1. The lowest BCUT2D eigenvalue weighted by Crippen LogP contribution is -2.51. The first-order chi connectivity index (χ1) is 13.2. The highest BCUT2D eigenvalue weighted by molar-refractivity contribution is 6.06. The summed E-state index contributed by atoms with van der Waals surface area (Å²) in [6.07, 6.45) is 3.82. The van der Waals surface area contributed by atoms with Gasteiger partial charge in [-0.2, -0.15) is 5.10 Å². The summed E-state index contributed by atoms with van der Waals surface area (Å²) in [6, 6.07) is 12.2. The molecule has 0 bridgehead atoms. The Morgan fingerprint density at radius 1 is 1.33 bits per heavy atom. The molecule has 1 aliphatic rings. The van der Waals surface area contributed by atoms with Crippen molar-refractivity contribution in [3.05, 3.63) is 48.2 Å². The Labute approximate surface area is 159 Å². The van der Waals surface area contributed by atoms with Gasteiger partial charge < -0.3 is 10.6 Å². The molecule has 0 aliphatic carbocycles. The lowest BCUT2D eigenvalue weighted by Gasteiger charge is -2.30. The molecule has 2 unspecified atom stereocenters. The van der Waals surface area contributed by atoms with Gasteiger partial charge in [-0.05, 0) is 39.3 Å². The smallest absolute Gasteiger partial charge is 0.252 e. The standard InChI is InChI=1S/C21H25N5O/c1-3-26-20-17(13-23-26)16(12-19(24-20)15-8-5-4-6-9-15)21(27)25-18-10-7-11-22-14(18)2/h4-6,8-9,12-14,18,22H,3,7,10-11H2,1-2H3,(H,25,27). The lowest BCUT2D eigenvalue weighted by molar-refractivity contribution is 0.0921. The number of carbonyl (C=O) groups excluding carboxylic acids is 1. The van der Waals surface area contributed by atoms with Gasteiger partial charge in [0.1, 0.15) is 0 Å². The van der Waals surface area contributed by atoms with Gasteiger partial charge in [0.05, 0.1) is 22.8 Å². The van der Waals surface area contributed by atoms with E-state index in [1.807, 2.05) is 48.0 Å². The minimum absolute atomic E-state index is 0.0595. The van der Waals surface area contributed by atoms with E-state index < -0.39 is 0 Å². The first kappa shape index (κ1) is 17.7. The number of hydrogen-bond acceptors (Lipinski definition) is 4. The van der Waals surface area contributed by atoms with Gasteiger partial charge in [-0.15, -0.1) is 0 Å². The summed E-state index contributed by atoms with van der Waals surface area (Å²) >= 11 is 0. The molecule has 0 spiro atoms. The van der Waals surface area contributed by atoms with Crippen LogP contribution in [-0.2, 0) is 6.54 Å². The molecule has 3 heterocycles. The van der Waals surface area contributed by atoms with Crippen LogP contribution in [0.15, 0.2) is 42.6 Å². The molecule has 1 aromatic carbocycles. The molecule has 140 valence electrons. The summed E-state index contributed by atoms with van der Waals surface area (Å²) in [5.41, 5.74) is 3.17. The number of amides is 1. The average molecular weight is 363 g/mol. The lowest BCUT2D eigenvalue weighted by atomic mass is 9.99. The van der Waals surface area contributed by atoms with E-state index >= 15 is 0 Å². The van der Waals surface area contributed by atoms with E-state index in [4.69, 9.17) is 4.98 Å². The second-order valence-electron chi connectivity index (χ2n) is 7.08. The number of aryl methyl sites for hydroxylation is 1. The highest BCUT2D eigenvalue weighted by Gasteiger charge is 2.24. The van der Waals surface area contributed by atoms with Crippen molar-refractivity contribution in [3.8, 4) is 11.3 Å². The number of aromatic nitrogens is 3. The van der Waals surface area contributed by atoms with Crippen LogP contribution >= 0.6 is 0 Å². The van der Waals surface area contributed by atoms with Gasteiger partial charge in [0.15, 0.2) is 5.65 Å². The van der Waals surface area contributed by atoms with Crippen molar-refractivity contribution in [2.45, 2.75) is 45.3 Å². The summed E-state index contributed by atoms with van der Waals surface area (Å²) in [4.78, 5) is 17.9. The number of fused-ring (bicyclic) bond motifs is 1. The van der Waals surface area contributed by atoms with Crippen LogP contribution in [0.3, 0.4) is 0 Å². The average Bonchev–Trinajstić information content (AvgIpc) is 3.12. The maximum Gasteiger partial charge on any atom is 0.252 e. The highest BCUT2D eigenvalue weighted by Crippen LogP contribution is 2.25. The molecule has 2 aromatic heterocycles. The van der Waals surface area contributed by atoms with E-state index in [1.54, 1.807) is 6.20 Å². The summed E-state index contributed by atoms with van der Waals surface area (Å²) in [7, 11) is 0. The van der Waals surface area contributed by atoms with Crippen LogP contribution in [0.2, 0.25) is 0 Å². The monoisotopic (exact) mass is 363 g/mol. The van der Waals surface area contributed by atoms with E-state index in [9.17, 15) is 4.79 Å². The van der Waals surface area contributed by atoms with Crippen LogP contribution in [0.5, 0.6) is 0 Å². The third kappa shape index (κ3) is 3.45. The van der Waals surface area contributed by atoms with Crippen LogP contribution < -0.4 is 10.6 Å². The van der Waals surface area contributed by atoms with Gasteiger partial charge in [0.25, 0.3) is 5.91 Å². The van der Waals surface area contributed by atoms with Crippen LogP contribution in [-0.4, -0.2) is 39.3 Å². The highest BCUT2D eigenvalue weighted by atomic mass is 16.1. The zero-order chi connectivity index (χ0) is 18.8. The van der Waals surface area contributed by atoms with Gasteiger partial charge in [-0.1, -0.05) is 30.3 Å². The van der Waals surface area contributed by atoms with Crippen molar-refractivity contribution in [3.63, 3.8) is 0 Å². The maximum absolute atomic E-state index is 13.1. The topological polar surface area (TPSA) is 71.8 Å². The fourth-order valence-electron chi connectivity index (χ4n) is 3.71. The number of hydrogen-bond donors (Lipinski definition) is 2. The van der Waals surface area contributed by atoms with Gasteiger partial charge in [0.2, 0.25) is 0 Å². The Hall–Kier alpha value is -2.73. The van der Waals surface area contributed by atoms with Crippen LogP contribution in [0, 0.1) is 0 Å². The van der Waals surface area contributed by atoms with Crippen LogP contribution in [0.25, 0.3) is 22.3 Å². The van der Waals surface area contributed by atoms with E-state index in [-0.39, 0.29) is 18.0 Å². The van der Waals surface area contributed by atoms with Crippen LogP contribution in [0.1, 0.15) is 37.0 Å². The SMILES string of the molecule is CCn1ncc2c(C(=O)NC3CCCNC3C)cc(-c3ccccc3)nc21. The number of nitrogens with one attached hydrogen (secondary N) is 2. The van der Waals surface area contributed by atoms with Crippen molar-refractivity contribution in [1.29, 1.82) is 0 Å². The Balaban J connectivity index is 1.76. The normalized spacial score (nSPS) is 19.9. The number of piperidine rings is 1.